The van der Waals surface area contributed by atoms with Gasteiger partial charge in [-0.25, -0.2) is 8.42 Å². The van der Waals surface area contributed by atoms with Crippen LogP contribution in [0.1, 0.15) is 18.9 Å². The molecule has 0 aromatic heterocycles. The third-order valence-electron chi connectivity index (χ3n) is 3.70. The normalized spacial score (nSPS) is 16.4. The van der Waals surface area contributed by atoms with Crippen LogP contribution < -0.4 is 10.6 Å². The number of amides is 1. The predicted octanol–water partition coefficient (Wildman–Crippen LogP) is 0.813. The van der Waals surface area contributed by atoms with Crippen molar-refractivity contribution >= 4 is 21.6 Å². The van der Waals surface area contributed by atoms with Crippen LogP contribution in [-0.4, -0.2) is 50.6 Å². The Bertz CT molecular complexity index is 593. The van der Waals surface area contributed by atoms with E-state index in [9.17, 15) is 13.2 Å². The molecule has 2 rings (SSSR count). The second-order valence-corrected chi connectivity index (χ2v) is 7.40. The molecule has 0 saturated carbocycles. The van der Waals surface area contributed by atoms with Crippen molar-refractivity contribution in [2.45, 2.75) is 19.8 Å². The summed E-state index contributed by atoms with van der Waals surface area (Å²) in [6, 6.07) is 7.57. The molecule has 1 aromatic carbocycles. The number of nitrogens with zero attached hydrogens (tertiary/aromatic N) is 1. The van der Waals surface area contributed by atoms with Gasteiger partial charge in [-0.1, -0.05) is 19.1 Å². The van der Waals surface area contributed by atoms with Crippen LogP contribution in [0.4, 0.5) is 5.69 Å². The first-order valence-electron chi connectivity index (χ1n) is 7.58. The SMILES string of the molecule is CCc1ccc(NC(=O)CCS(=O)(=O)N2CCNCC2)cc1. The van der Waals surface area contributed by atoms with Gasteiger partial charge in [0.05, 0.1) is 5.75 Å². The first kappa shape index (κ1) is 16.9. The van der Waals surface area contributed by atoms with E-state index < -0.39 is 10.0 Å². The van der Waals surface area contributed by atoms with Crippen molar-refractivity contribution < 1.29 is 13.2 Å². The number of carbonyl (C=O) groups is 1. The van der Waals surface area contributed by atoms with Crippen molar-refractivity contribution in [3.05, 3.63) is 29.8 Å². The summed E-state index contributed by atoms with van der Waals surface area (Å²) in [4.78, 5) is 11.9. The number of benzene rings is 1. The minimum Gasteiger partial charge on any atom is -0.326 e. The molecule has 2 N–H and O–H groups in total. The van der Waals surface area contributed by atoms with Gasteiger partial charge in [0.1, 0.15) is 0 Å². The zero-order valence-electron chi connectivity index (χ0n) is 12.8. The van der Waals surface area contributed by atoms with Gasteiger partial charge in [0.2, 0.25) is 15.9 Å². The summed E-state index contributed by atoms with van der Waals surface area (Å²) in [6.45, 7) is 4.34. The van der Waals surface area contributed by atoms with E-state index in [0.29, 0.717) is 31.9 Å². The maximum atomic E-state index is 12.1. The average molecular weight is 325 g/mol. The van der Waals surface area contributed by atoms with Crippen molar-refractivity contribution in [3.8, 4) is 0 Å². The van der Waals surface area contributed by atoms with Gasteiger partial charge in [-0.3, -0.25) is 4.79 Å². The van der Waals surface area contributed by atoms with E-state index in [4.69, 9.17) is 0 Å². The molecule has 6 nitrogen and oxygen atoms in total. The lowest BCUT2D eigenvalue weighted by Gasteiger charge is -2.26. The number of hydrogen-bond acceptors (Lipinski definition) is 4. The Hall–Kier alpha value is -1.44. The van der Waals surface area contributed by atoms with E-state index in [1.165, 1.54) is 9.87 Å². The molecule has 0 unspecified atom stereocenters. The Balaban J connectivity index is 1.83. The number of rotatable bonds is 6. The van der Waals surface area contributed by atoms with E-state index in [1.807, 2.05) is 24.3 Å². The first-order chi connectivity index (χ1) is 10.5. The van der Waals surface area contributed by atoms with E-state index in [2.05, 4.69) is 17.6 Å². The average Bonchev–Trinajstić information content (AvgIpc) is 2.55. The van der Waals surface area contributed by atoms with Gasteiger partial charge < -0.3 is 10.6 Å². The van der Waals surface area contributed by atoms with Crippen LogP contribution in [0.15, 0.2) is 24.3 Å². The van der Waals surface area contributed by atoms with Crippen molar-refractivity contribution in [1.29, 1.82) is 0 Å². The van der Waals surface area contributed by atoms with E-state index >= 15 is 0 Å². The Morgan fingerprint density at radius 1 is 1.23 bits per heavy atom. The molecule has 1 saturated heterocycles. The number of sulfonamides is 1. The van der Waals surface area contributed by atoms with E-state index in [-0.39, 0.29) is 18.1 Å². The van der Waals surface area contributed by atoms with Crippen molar-refractivity contribution in [2.24, 2.45) is 0 Å². The van der Waals surface area contributed by atoms with Crippen LogP contribution in [0.3, 0.4) is 0 Å². The quantitative estimate of drug-likeness (QED) is 0.811. The molecule has 122 valence electrons. The molecule has 1 heterocycles. The summed E-state index contributed by atoms with van der Waals surface area (Å²) >= 11 is 0. The van der Waals surface area contributed by atoms with Crippen LogP contribution >= 0.6 is 0 Å². The van der Waals surface area contributed by atoms with Crippen molar-refractivity contribution in [2.75, 3.05) is 37.2 Å². The van der Waals surface area contributed by atoms with E-state index in [0.717, 1.165) is 6.42 Å². The minimum atomic E-state index is -3.35. The van der Waals surface area contributed by atoms with Gasteiger partial charge >= 0.3 is 0 Å². The lowest BCUT2D eigenvalue weighted by Crippen LogP contribution is -2.47. The lowest BCUT2D eigenvalue weighted by molar-refractivity contribution is -0.115. The fraction of sp³-hybridized carbons (Fsp3) is 0.533. The molecule has 22 heavy (non-hydrogen) atoms. The van der Waals surface area contributed by atoms with Gasteiger partial charge in [0, 0.05) is 38.3 Å². The molecule has 7 heteroatoms. The molecular formula is C15H23N3O3S. The lowest BCUT2D eigenvalue weighted by atomic mass is 10.1. The molecule has 0 aliphatic carbocycles. The first-order valence-corrected chi connectivity index (χ1v) is 9.19. The number of hydrogen-bond donors (Lipinski definition) is 2. The molecule has 1 amide bonds. The zero-order chi connectivity index (χ0) is 16.0. The maximum absolute atomic E-state index is 12.1. The topological polar surface area (TPSA) is 78.5 Å². The fourth-order valence-corrected chi connectivity index (χ4v) is 3.76. The summed E-state index contributed by atoms with van der Waals surface area (Å²) in [5.41, 5.74) is 1.89. The third-order valence-corrected chi connectivity index (χ3v) is 5.57. The summed E-state index contributed by atoms with van der Waals surface area (Å²) < 4.78 is 25.7. The summed E-state index contributed by atoms with van der Waals surface area (Å²) in [5.74, 6) is -0.422. The predicted molar refractivity (Wildman–Crippen MR) is 87.3 cm³/mol. The molecule has 0 radical (unpaired) electrons. The van der Waals surface area contributed by atoms with Crippen LogP contribution in [0, 0.1) is 0 Å². The van der Waals surface area contributed by atoms with Crippen LogP contribution in [-0.2, 0) is 21.2 Å². The van der Waals surface area contributed by atoms with Crippen molar-refractivity contribution in [3.63, 3.8) is 0 Å². The Morgan fingerprint density at radius 2 is 1.86 bits per heavy atom. The standard InChI is InChI=1S/C15H23N3O3S/c1-2-13-3-5-14(6-4-13)17-15(19)7-12-22(20,21)18-10-8-16-9-11-18/h3-6,16H,2,7-12H2,1H3,(H,17,19). The largest absolute Gasteiger partial charge is 0.326 e. The van der Waals surface area contributed by atoms with Gasteiger partial charge in [-0.05, 0) is 24.1 Å². The molecule has 1 fully saturated rings. The van der Waals surface area contributed by atoms with E-state index in [1.54, 1.807) is 0 Å². The summed E-state index contributed by atoms with van der Waals surface area (Å²) in [7, 11) is -3.35. The van der Waals surface area contributed by atoms with Gasteiger partial charge in [0.15, 0.2) is 0 Å². The molecule has 0 atom stereocenters. The highest BCUT2D eigenvalue weighted by Gasteiger charge is 2.24. The number of piperazine rings is 1. The molecule has 1 aromatic rings. The Labute approximate surface area is 131 Å². The van der Waals surface area contributed by atoms with Gasteiger partial charge in [-0.15, -0.1) is 0 Å². The van der Waals surface area contributed by atoms with Crippen molar-refractivity contribution in [1.82, 2.24) is 9.62 Å². The van der Waals surface area contributed by atoms with Crippen LogP contribution in [0.5, 0.6) is 0 Å². The highest BCUT2D eigenvalue weighted by Crippen LogP contribution is 2.11. The second kappa shape index (κ2) is 7.71. The molecule has 1 aliphatic rings. The third kappa shape index (κ3) is 4.79. The van der Waals surface area contributed by atoms with Crippen LogP contribution in [0.2, 0.25) is 0 Å². The zero-order valence-corrected chi connectivity index (χ0v) is 13.7. The van der Waals surface area contributed by atoms with Gasteiger partial charge in [-0.2, -0.15) is 4.31 Å². The summed E-state index contributed by atoms with van der Waals surface area (Å²) in [5, 5.41) is 5.84. The Morgan fingerprint density at radius 3 is 2.45 bits per heavy atom. The molecule has 1 aliphatic heterocycles. The smallest absolute Gasteiger partial charge is 0.225 e. The Kier molecular flexibility index (Phi) is 5.93. The molecule has 0 bridgehead atoms. The summed E-state index contributed by atoms with van der Waals surface area (Å²) in [6.07, 6.45) is 0.916. The number of carbonyl (C=O) groups excluding carboxylic acids is 1. The number of aryl methyl sites for hydroxylation is 1. The molecular weight excluding hydrogens is 302 g/mol. The molecule has 0 spiro atoms. The highest BCUT2D eigenvalue weighted by atomic mass is 32.2. The second-order valence-electron chi connectivity index (χ2n) is 5.31. The maximum Gasteiger partial charge on any atom is 0.225 e. The minimum absolute atomic E-state index is 0.0260. The number of nitrogens with one attached hydrogen (secondary N) is 2. The van der Waals surface area contributed by atoms with Crippen LogP contribution in [0.25, 0.3) is 0 Å². The highest BCUT2D eigenvalue weighted by molar-refractivity contribution is 7.89. The fourth-order valence-electron chi connectivity index (χ4n) is 2.32. The monoisotopic (exact) mass is 325 g/mol. The van der Waals surface area contributed by atoms with Gasteiger partial charge in [0.25, 0.3) is 0 Å². The number of anilines is 1.